The van der Waals surface area contributed by atoms with Gasteiger partial charge in [-0.1, -0.05) is 6.92 Å². The van der Waals surface area contributed by atoms with Crippen molar-refractivity contribution >= 4 is 5.91 Å². The van der Waals surface area contributed by atoms with Gasteiger partial charge in [-0.15, -0.1) is 0 Å². The van der Waals surface area contributed by atoms with Gasteiger partial charge >= 0.3 is 0 Å². The fourth-order valence-electron chi connectivity index (χ4n) is 1.17. The fraction of sp³-hybridized carbons (Fsp3) is 0.889. The lowest BCUT2D eigenvalue weighted by molar-refractivity contribution is -0.132. The highest BCUT2D eigenvalue weighted by Gasteiger charge is 2.20. The van der Waals surface area contributed by atoms with E-state index in [-0.39, 0.29) is 17.9 Å². The molecule has 2 unspecified atom stereocenters. The molecule has 0 saturated carbocycles. The number of hydrogen-bond donors (Lipinski definition) is 2. The van der Waals surface area contributed by atoms with Crippen LogP contribution in [0.1, 0.15) is 13.8 Å². The highest BCUT2D eigenvalue weighted by atomic mass is 16.5. The van der Waals surface area contributed by atoms with Crippen molar-refractivity contribution in [3.05, 3.63) is 0 Å². The fourth-order valence-corrected chi connectivity index (χ4v) is 1.17. The van der Waals surface area contributed by atoms with E-state index in [1.165, 1.54) is 0 Å². The highest BCUT2D eigenvalue weighted by Crippen LogP contribution is 2.01. The molecule has 0 spiro atoms. The number of rotatable bonds is 3. The quantitative estimate of drug-likeness (QED) is 0.635. The number of hydrazine groups is 1. The van der Waals surface area contributed by atoms with Gasteiger partial charge in [0.05, 0.1) is 19.1 Å². The van der Waals surface area contributed by atoms with E-state index in [0.29, 0.717) is 13.2 Å². The van der Waals surface area contributed by atoms with Crippen LogP contribution in [0.2, 0.25) is 0 Å². The average molecular weight is 201 g/mol. The van der Waals surface area contributed by atoms with Gasteiger partial charge in [0.2, 0.25) is 5.91 Å². The number of carbonyl (C=O) groups is 1. The lowest BCUT2D eigenvalue weighted by Crippen LogP contribution is -2.51. The second-order valence-corrected chi connectivity index (χ2v) is 3.72. The Morgan fingerprint density at radius 3 is 2.50 bits per heavy atom. The summed E-state index contributed by atoms with van der Waals surface area (Å²) in [6, 6.07) is -0.115. The Bertz CT molecular complexity index is 190. The van der Waals surface area contributed by atoms with Crippen LogP contribution in [0.5, 0.6) is 0 Å². The van der Waals surface area contributed by atoms with E-state index in [9.17, 15) is 4.79 Å². The van der Waals surface area contributed by atoms with E-state index in [4.69, 9.17) is 10.5 Å². The Morgan fingerprint density at radius 1 is 1.43 bits per heavy atom. The lowest BCUT2D eigenvalue weighted by Gasteiger charge is -2.28. The number of amides is 1. The van der Waals surface area contributed by atoms with Gasteiger partial charge in [0, 0.05) is 19.1 Å². The van der Waals surface area contributed by atoms with E-state index in [1.807, 2.05) is 18.9 Å². The zero-order valence-electron chi connectivity index (χ0n) is 8.82. The Kier molecular flexibility index (Phi) is 4.31. The maximum atomic E-state index is 11.6. The first-order chi connectivity index (χ1) is 6.61. The van der Waals surface area contributed by atoms with Crippen LogP contribution in [-0.4, -0.2) is 43.3 Å². The summed E-state index contributed by atoms with van der Waals surface area (Å²) in [5, 5.41) is 1.88. The molecule has 1 rings (SSSR count). The Morgan fingerprint density at radius 2 is 2.00 bits per heavy atom. The van der Waals surface area contributed by atoms with E-state index in [0.717, 1.165) is 13.1 Å². The molecular formula is C9H19N3O2. The van der Waals surface area contributed by atoms with Gasteiger partial charge in [0.15, 0.2) is 0 Å². The molecule has 0 aromatic heterocycles. The number of nitrogens with one attached hydrogen (secondary N) is 1. The molecular weight excluding hydrogens is 182 g/mol. The van der Waals surface area contributed by atoms with E-state index in [1.54, 1.807) is 0 Å². The summed E-state index contributed by atoms with van der Waals surface area (Å²) < 4.78 is 5.17. The maximum Gasteiger partial charge on any atom is 0.238 e. The zero-order chi connectivity index (χ0) is 10.6. The first-order valence-electron chi connectivity index (χ1n) is 5.00. The molecule has 1 aliphatic rings. The van der Waals surface area contributed by atoms with E-state index in [2.05, 4.69) is 5.43 Å². The van der Waals surface area contributed by atoms with E-state index < -0.39 is 0 Å². The molecule has 3 N–H and O–H groups in total. The SMILES string of the molecule is CC(N)C(C)C(=O)NN1CCOCC1. The number of nitrogens with zero attached hydrogens (tertiary/aromatic N) is 1. The molecule has 5 heteroatoms. The number of morpholine rings is 1. The summed E-state index contributed by atoms with van der Waals surface area (Å²) in [4.78, 5) is 11.6. The Hall–Kier alpha value is -0.650. The molecule has 1 heterocycles. The minimum Gasteiger partial charge on any atom is -0.379 e. The maximum absolute atomic E-state index is 11.6. The smallest absolute Gasteiger partial charge is 0.238 e. The van der Waals surface area contributed by atoms with Crippen LogP contribution in [-0.2, 0) is 9.53 Å². The van der Waals surface area contributed by atoms with Gasteiger partial charge in [0.25, 0.3) is 0 Å². The predicted molar refractivity (Wildman–Crippen MR) is 53.3 cm³/mol. The van der Waals surface area contributed by atoms with Gasteiger partial charge in [-0.3, -0.25) is 10.2 Å². The van der Waals surface area contributed by atoms with Crippen molar-refractivity contribution in [3.63, 3.8) is 0 Å². The monoisotopic (exact) mass is 201 g/mol. The molecule has 5 nitrogen and oxygen atoms in total. The Labute approximate surface area is 84.5 Å². The normalized spacial score (nSPS) is 22.8. The summed E-state index contributed by atoms with van der Waals surface area (Å²) in [5.74, 6) is -0.167. The molecule has 1 fully saturated rings. The van der Waals surface area contributed by atoms with Gasteiger partial charge in [-0.2, -0.15) is 0 Å². The van der Waals surface area contributed by atoms with Crippen LogP contribution in [0, 0.1) is 5.92 Å². The second-order valence-electron chi connectivity index (χ2n) is 3.72. The molecule has 0 aromatic carbocycles. The summed E-state index contributed by atoms with van der Waals surface area (Å²) in [6.45, 7) is 6.51. The van der Waals surface area contributed by atoms with Crippen LogP contribution >= 0.6 is 0 Å². The third-order valence-electron chi connectivity index (χ3n) is 2.48. The van der Waals surface area contributed by atoms with Crippen molar-refractivity contribution in [1.82, 2.24) is 10.4 Å². The Balaban J connectivity index is 2.31. The van der Waals surface area contributed by atoms with Crippen LogP contribution in [0.25, 0.3) is 0 Å². The standard InChI is InChI=1S/C9H19N3O2/c1-7(8(2)10)9(13)11-12-3-5-14-6-4-12/h7-8H,3-6,10H2,1-2H3,(H,11,13). The highest BCUT2D eigenvalue weighted by molar-refractivity contribution is 5.78. The van der Waals surface area contributed by atoms with Crippen molar-refractivity contribution < 1.29 is 9.53 Å². The minimum atomic E-state index is -0.155. The topological polar surface area (TPSA) is 67.6 Å². The molecule has 1 amide bonds. The molecule has 1 aliphatic heterocycles. The van der Waals surface area contributed by atoms with Crippen molar-refractivity contribution in [2.75, 3.05) is 26.3 Å². The van der Waals surface area contributed by atoms with Crippen molar-refractivity contribution in [2.45, 2.75) is 19.9 Å². The summed E-state index contributed by atoms with van der Waals surface area (Å²) in [7, 11) is 0. The van der Waals surface area contributed by atoms with Crippen LogP contribution < -0.4 is 11.2 Å². The zero-order valence-corrected chi connectivity index (χ0v) is 8.82. The molecule has 0 radical (unpaired) electrons. The minimum absolute atomic E-state index is 0.0121. The van der Waals surface area contributed by atoms with Crippen LogP contribution in [0.15, 0.2) is 0 Å². The van der Waals surface area contributed by atoms with Gasteiger partial charge in [-0.05, 0) is 6.92 Å². The third kappa shape index (κ3) is 3.25. The molecule has 82 valence electrons. The van der Waals surface area contributed by atoms with Crippen LogP contribution in [0.3, 0.4) is 0 Å². The summed E-state index contributed by atoms with van der Waals surface area (Å²) >= 11 is 0. The van der Waals surface area contributed by atoms with Gasteiger partial charge in [0.1, 0.15) is 0 Å². The number of hydrogen-bond acceptors (Lipinski definition) is 4. The van der Waals surface area contributed by atoms with Crippen molar-refractivity contribution in [2.24, 2.45) is 11.7 Å². The molecule has 0 aliphatic carbocycles. The number of carbonyl (C=O) groups excluding carboxylic acids is 1. The first-order valence-corrected chi connectivity index (χ1v) is 5.00. The number of ether oxygens (including phenoxy) is 1. The van der Waals surface area contributed by atoms with Gasteiger partial charge < -0.3 is 10.5 Å². The van der Waals surface area contributed by atoms with Crippen molar-refractivity contribution in [1.29, 1.82) is 0 Å². The third-order valence-corrected chi connectivity index (χ3v) is 2.48. The molecule has 14 heavy (non-hydrogen) atoms. The first kappa shape index (κ1) is 11.4. The van der Waals surface area contributed by atoms with Crippen LogP contribution in [0.4, 0.5) is 0 Å². The average Bonchev–Trinajstić information content (AvgIpc) is 2.18. The lowest BCUT2D eigenvalue weighted by atomic mass is 10.0. The molecule has 0 bridgehead atoms. The predicted octanol–water partition coefficient (Wildman–Crippen LogP) is -0.667. The largest absolute Gasteiger partial charge is 0.379 e. The van der Waals surface area contributed by atoms with Crippen molar-refractivity contribution in [3.8, 4) is 0 Å². The molecule has 1 saturated heterocycles. The molecule has 2 atom stereocenters. The van der Waals surface area contributed by atoms with Gasteiger partial charge in [-0.25, -0.2) is 5.01 Å². The van der Waals surface area contributed by atoms with E-state index >= 15 is 0 Å². The second kappa shape index (κ2) is 5.29. The number of nitrogens with two attached hydrogens (primary N) is 1. The summed E-state index contributed by atoms with van der Waals surface area (Å²) in [5.41, 5.74) is 8.47. The summed E-state index contributed by atoms with van der Waals surface area (Å²) in [6.07, 6.45) is 0. The molecule has 0 aromatic rings.